The summed E-state index contributed by atoms with van der Waals surface area (Å²) in [6, 6.07) is 14.8. The molecule has 0 atom stereocenters. The minimum atomic E-state index is -0.471. The normalized spacial score (nSPS) is 13.5. The van der Waals surface area contributed by atoms with Gasteiger partial charge in [-0.15, -0.1) is 0 Å². The molecule has 0 aliphatic carbocycles. The Morgan fingerprint density at radius 1 is 1.04 bits per heavy atom. The third-order valence-corrected chi connectivity index (χ3v) is 4.68. The molecule has 1 aliphatic rings. The Bertz CT molecular complexity index is 844. The number of anilines is 2. The van der Waals surface area contributed by atoms with Crippen LogP contribution < -0.4 is 10.2 Å². The van der Waals surface area contributed by atoms with E-state index in [0.717, 1.165) is 30.6 Å². The molecule has 6 nitrogen and oxygen atoms in total. The maximum Gasteiger partial charge on any atom is 0.310 e. The lowest BCUT2D eigenvalue weighted by molar-refractivity contribution is -0.146. The molecular weight excluding hydrogens is 356 g/mol. The third-order valence-electron chi connectivity index (χ3n) is 4.68. The lowest BCUT2D eigenvalue weighted by Gasteiger charge is -2.15. The van der Waals surface area contributed by atoms with Gasteiger partial charge in [-0.2, -0.15) is 0 Å². The van der Waals surface area contributed by atoms with Crippen LogP contribution in [0.3, 0.4) is 0 Å². The fourth-order valence-corrected chi connectivity index (χ4v) is 3.10. The van der Waals surface area contributed by atoms with E-state index < -0.39 is 5.97 Å². The van der Waals surface area contributed by atoms with Crippen molar-refractivity contribution in [3.63, 3.8) is 0 Å². The molecule has 2 aromatic rings. The first-order valence-corrected chi connectivity index (χ1v) is 9.49. The Morgan fingerprint density at radius 3 is 2.32 bits per heavy atom. The molecule has 0 saturated carbocycles. The summed E-state index contributed by atoms with van der Waals surface area (Å²) in [6.07, 6.45) is 2.46. The first kappa shape index (κ1) is 19.6. The van der Waals surface area contributed by atoms with Gasteiger partial charge in [-0.1, -0.05) is 31.2 Å². The number of rotatable bonds is 7. The van der Waals surface area contributed by atoms with Crippen LogP contribution in [0.4, 0.5) is 11.4 Å². The average Bonchev–Trinajstić information content (AvgIpc) is 3.13. The molecule has 28 heavy (non-hydrogen) atoms. The lowest BCUT2D eigenvalue weighted by Crippen LogP contribution is -2.23. The maximum atomic E-state index is 12.0. The number of aryl methyl sites for hydroxylation is 1. The predicted octanol–water partition coefficient (Wildman–Crippen LogP) is 3.10. The summed E-state index contributed by atoms with van der Waals surface area (Å²) < 4.78 is 5.06. The van der Waals surface area contributed by atoms with Crippen LogP contribution in [-0.4, -0.2) is 30.9 Å². The summed E-state index contributed by atoms with van der Waals surface area (Å²) >= 11 is 0. The van der Waals surface area contributed by atoms with E-state index in [4.69, 9.17) is 4.74 Å². The van der Waals surface area contributed by atoms with E-state index in [1.807, 2.05) is 36.4 Å². The number of carbonyl (C=O) groups excluding carboxylic acids is 3. The molecule has 0 bridgehead atoms. The van der Waals surface area contributed by atoms with E-state index in [9.17, 15) is 14.4 Å². The van der Waals surface area contributed by atoms with Gasteiger partial charge >= 0.3 is 5.97 Å². The number of nitrogens with one attached hydrogen (secondary N) is 1. The van der Waals surface area contributed by atoms with Crippen LogP contribution in [0.25, 0.3) is 0 Å². The summed E-state index contributed by atoms with van der Waals surface area (Å²) in [5.74, 6) is -0.718. The van der Waals surface area contributed by atoms with Crippen molar-refractivity contribution < 1.29 is 19.1 Å². The quantitative estimate of drug-likeness (QED) is 0.749. The van der Waals surface area contributed by atoms with E-state index in [2.05, 4.69) is 12.2 Å². The summed E-state index contributed by atoms with van der Waals surface area (Å²) in [4.78, 5) is 37.4. The highest BCUT2D eigenvalue weighted by molar-refractivity contribution is 5.95. The molecule has 2 aromatic carbocycles. The van der Waals surface area contributed by atoms with Gasteiger partial charge in [0.2, 0.25) is 5.91 Å². The van der Waals surface area contributed by atoms with Gasteiger partial charge in [0.05, 0.1) is 6.42 Å². The zero-order chi connectivity index (χ0) is 19.9. The number of hydrogen-bond acceptors (Lipinski definition) is 4. The summed E-state index contributed by atoms with van der Waals surface area (Å²) in [5.41, 5.74) is 3.47. The number of esters is 1. The Hall–Kier alpha value is -3.15. The van der Waals surface area contributed by atoms with Gasteiger partial charge < -0.3 is 15.0 Å². The van der Waals surface area contributed by atoms with E-state index in [1.165, 1.54) is 5.56 Å². The number of amides is 2. The van der Waals surface area contributed by atoms with Gasteiger partial charge in [-0.05, 0) is 48.2 Å². The van der Waals surface area contributed by atoms with E-state index in [0.29, 0.717) is 12.1 Å². The monoisotopic (exact) mass is 380 g/mol. The number of benzene rings is 2. The topological polar surface area (TPSA) is 75.7 Å². The van der Waals surface area contributed by atoms with E-state index in [-0.39, 0.29) is 24.8 Å². The zero-order valence-electron chi connectivity index (χ0n) is 15.9. The Labute approximate surface area is 164 Å². The van der Waals surface area contributed by atoms with Crippen molar-refractivity contribution in [2.24, 2.45) is 0 Å². The highest BCUT2D eigenvalue weighted by Gasteiger charge is 2.21. The largest absolute Gasteiger partial charge is 0.455 e. The highest BCUT2D eigenvalue weighted by atomic mass is 16.5. The number of hydrogen-bond donors (Lipinski definition) is 1. The van der Waals surface area contributed by atoms with Crippen molar-refractivity contribution >= 4 is 29.2 Å². The molecule has 6 heteroatoms. The lowest BCUT2D eigenvalue weighted by atomic mass is 10.1. The average molecular weight is 380 g/mol. The smallest absolute Gasteiger partial charge is 0.310 e. The number of nitrogens with zero attached hydrogens (tertiary/aromatic N) is 1. The number of carbonyl (C=O) groups is 3. The van der Waals surface area contributed by atoms with E-state index >= 15 is 0 Å². The van der Waals surface area contributed by atoms with Crippen LogP contribution in [0, 0.1) is 0 Å². The second-order valence-corrected chi connectivity index (χ2v) is 6.75. The van der Waals surface area contributed by atoms with Gasteiger partial charge in [-0.25, -0.2) is 0 Å². The molecule has 3 rings (SSSR count). The fourth-order valence-electron chi connectivity index (χ4n) is 3.10. The standard InChI is InChI=1S/C22H24N2O4/c1-2-16-5-9-18(10-6-16)23-20(25)15-28-22(27)14-17-7-11-19(12-8-17)24-13-3-4-21(24)26/h5-12H,2-4,13-15H2,1H3,(H,23,25). The maximum absolute atomic E-state index is 12.0. The first-order chi connectivity index (χ1) is 13.5. The molecule has 0 unspecified atom stereocenters. The van der Waals surface area contributed by atoms with Crippen LogP contribution in [0.1, 0.15) is 30.9 Å². The Morgan fingerprint density at radius 2 is 1.71 bits per heavy atom. The SMILES string of the molecule is CCc1ccc(NC(=O)COC(=O)Cc2ccc(N3CCCC3=O)cc2)cc1. The van der Waals surface area contributed by atoms with Crippen molar-refractivity contribution in [2.45, 2.75) is 32.6 Å². The minimum absolute atomic E-state index is 0.0761. The fraction of sp³-hybridized carbons (Fsp3) is 0.318. The highest BCUT2D eigenvalue weighted by Crippen LogP contribution is 2.21. The van der Waals surface area contributed by atoms with Gasteiger partial charge in [0, 0.05) is 24.3 Å². The molecule has 0 aromatic heterocycles. The van der Waals surface area contributed by atoms with Crippen molar-refractivity contribution in [3.05, 3.63) is 59.7 Å². The molecule has 1 fully saturated rings. The van der Waals surface area contributed by atoms with Crippen molar-refractivity contribution in [2.75, 3.05) is 23.4 Å². The van der Waals surface area contributed by atoms with Crippen molar-refractivity contribution in [3.8, 4) is 0 Å². The van der Waals surface area contributed by atoms with Crippen LogP contribution in [0.15, 0.2) is 48.5 Å². The van der Waals surface area contributed by atoms with Gasteiger partial charge in [0.25, 0.3) is 5.91 Å². The molecule has 1 aliphatic heterocycles. The van der Waals surface area contributed by atoms with Crippen LogP contribution in [0.5, 0.6) is 0 Å². The molecule has 2 amide bonds. The van der Waals surface area contributed by atoms with Gasteiger partial charge in [-0.3, -0.25) is 14.4 Å². The minimum Gasteiger partial charge on any atom is -0.455 e. The predicted molar refractivity (Wildman–Crippen MR) is 107 cm³/mol. The summed E-state index contributed by atoms with van der Waals surface area (Å²) in [5, 5.41) is 2.70. The molecule has 146 valence electrons. The molecule has 1 saturated heterocycles. The third kappa shape index (κ3) is 5.19. The number of ether oxygens (including phenoxy) is 1. The molecule has 0 radical (unpaired) electrons. The first-order valence-electron chi connectivity index (χ1n) is 9.49. The summed E-state index contributed by atoms with van der Waals surface area (Å²) in [7, 11) is 0. The van der Waals surface area contributed by atoms with Crippen molar-refractivity contribution in [1.82, 2.24) is 0 Å². The second-order valence-electron chi connectivity index (χ2n) is 6.75. The van der Waals surface area contributed by atoms with Gasteiger partial charge in [0.15, 0.2) is 6.61 Å². The molecule has 1 heterocycles. The van der Waals surface area contributed by atoms with Crippen LogP contribution in [-0.2, 0) is 32.0 Å². The Balaban J connectivity index is 1.44. The van der Waals surface area contributed by atoms with Crippen LogP contribution in [0.2, 0.25) is 0 Å². The zero-order valence-corrected chi connectivity index (χ0v) is 15.9. The van der Waals surface area contributed by atoms with E-state index in [1.54, 1.807) is 17.0 Å². The molecular formula is C22H24N2O4. The van der Waals surface area contributed by atoms with Crippen molar-refractivity contribution in [1.29, 1.82) is 0 Å². The molecule has 1 N–H and O–H groups in total. The van der Waals surface area contributed by atoms with Crippen LogP contribution >= 0.6 is 0 Å². The second kappa shape index (κ2) is 9.17. The van der Waals surface area contributed by atoms with Gasteiger partial charge in [0.1, 0.15) is 0 Å². The summed E-state index contributed by atoms with van der Waals surface area (Å²) in [6.45, 7) is 2.47. The Kier molecular flexibility index (Phi) is 6.42. The molecule has 0 spiro atoms.